The third-order valence-electron chi connectivity index (χ3n) is 3.22. The van der Waals surface area contributed by atoms with Gasteiger partial charge in [-0.15, -0.1) is 0 Å². The Morgan fingerprint density at radius 3 is 2.86 bits per heavy atom. The number of amides is 1. The molecule has 0 aromatic carbocycles. The van der Waals surface area contributed by atoms with Crippen LogP contribution >= 0.6 is 0 Å². The Bertz CT molecular complexity index is 578. The standard InChI is InChI=1S/C16H21N3O2/c1-4-5-8-15(20)19(12(2)3)16-10-14(18-21-16)13-7-6-9-17-11-13/h6-7,9-12H,4-5,8H2,1-3H3. The number of rotatable bonds is 6. The summed E-state index contributed by atoms with van der Waals surface area (Å²) in [7, 11) is 0. The van der Waals surface area contributed by atoms with Gasteiger partial charge >= 0.3 is 0 Å². The summed E-state index contributed by atoms with van der Waals surface area (Å²) in [4.78, 5) is 18.0. The van der Waals surface area contributed by atoms with Gasteiger partial charge in [0.05, 0.1) is 0 Å². The van der Waals surface area contributed by atoms with Crippen molar-refractivity contribution in [2.45, 2.75) is 46.1 Å². The highest BCUT2D eigenvalue weighted by Crippen LogP contribution is 2.25. The number of unbranched alkanes of at least 4 members (excludes halogenated alkanes) is 1. The van der Waals surface area contributed by atoms with E-state index in [1.54, 1.807) is 23.4 Å². The molecule has 2 heterocycles. The lowest BCUT2D eigenvalue weighted by Gasteiger charge is -2.23. The molecule has 0 radical (unpaired) electrons. The van der Waals surface area contributed by atoms with Gasteiger partial charge in [0.25, 0.3) is 0 Å². The molecule has 0 atom stereocenters. The first-order chi connectivity index (χ1) is 10.1. The van der Waals surface area contributed by atoms with Gasteiger partial charge in [-0.3, -0.25) is 14.7 Å². The van der Waals surface area contributed by atoms with E-state index in [0.29, 0.717) is 18.0 Å². The van der Waals surface area contributed by atoms with Crippen LogP contribution < -0.4 is 4.90 Å². The molecule has 2 rings (SSSR count). The molecule has 5 heteroatoms. The van der Waals surface area contributed by atoms with Crippen molar-refractivity contribution < 1.29 is 9.32 Å². The van der Waals surface area contributed by atoms with E-state index < -0.39 is 0 Å². The number of anilines is 1. The van der Waals surface area contributed by atoms with Gasteiger partial charge in [0.15, 0.2) is 0 Å². The molecule has 5 nitrogen and oxygen atoms in total. The Morgan fingerprint density at radius 2 is 2.24 bits per heavy atom. The van der Waals surface area contributed by atoms with Crippen molar-refractivity contribution in [3.05, 3.63) is 30.6 Å². The number of aromatic nitrogens is 2. The second-order valence-corrected chi connectivity index (χ2v) is 5.25. The van der Waals surface area contributed by atoms with E-state index >= 15 is 0 Å². The Balaban J connectivity index is 2.22. The van der Waals surface area contributed by atoms with E-state index in [1.165, 1.54) is 0 Å². The topological polar surface area (TPSA) is 59.2 Å². The van der Waals surface area contributed by atoms with Crippen LogP contribution in [0.4, 0.5) is 5.88 Å². The average molecular weight is 287 g/mol. The average Bonchev–Trinajstić information content (AvgIpc) is 2.95. The van der Waals surface area contributed by atoms with Crippen LogP contribution in [0, 0.1) is 0 Å². The van der Waals surface area contributed by atoms with Gasteiger partial charge in [-0.2, -0.15) is 0 Å². The van der Waals surface area contributed by atoms with E-state index in [2.05, 4.69) is 17.1 Å². The van der Waals surface area contributed by atoms with Gasteiger partial charge in [0, 0.05) is 36.5 Å². The molecule has 0 saturated carbocycles. The highest BCUT2D eigenvalue weighted by Gasteiger charge is 2.22. The number of nitrogens with zero attached hydrogens (tertiary/aromatic N) is 3. The molecule has 112 valence electrons. The van der Waals surface area contributed by atoms with Gasteiger partial charge in [-0.1, -0.05) is 18.5 Å². The first-order valence-electron chi connectivity index (χ1n) is 7.32. The smallest absolute Gasteiger partial charge is 0.234 e. The minimum Gasteiger partial charge on any atom is -0.338 e. The SMILES string of the molecule is CCCCC(=O)N(c1cc(-c2cccnc2)no1)C(C)C. The Hall–Kier alpha value is -2.17. The van der Waals surface area contributed by atoms with Crippen molar-refractivity contribution in [2.75, 3.05) is 4.90 Å². The van der Waals surface area contributed by atoms with Gasteiger partial charge in [0.1, 0.15) is 5.69 Å². The lowest BCUT2D eigenvalue weighted by Crippen LogP contribution is -2.36. The van der Waals surface area contributed by atoms with Gasteiger partial charge in [-0.25, -0.2) is 0 Å². The predicted octanol–water partition coefficient (Wildman–Crippen LogP) is 3.67. The summed E-state index contributed by atoms with van der Waals surface area (Å²) < 4.78 is 5.37. The fourth-order valence-electron chi connectivity index (χ4n) is 2.14. The fourth-order valence-corrected chi connectivity index (χ4v) is 2.14. The summed E-state index contributed by atoms with van der Waals surface area (Å²) in [5.41, 5.74) is 1.56. The van der Waals surface area contributed by atoms with Crippen molar-refractivity contribution in [3.63, 3.8) is 0 Å². The lowest BCUT2D eigenvalue weighted by atomic mass is 10.2. The highest BCUT2D eigenvalue weighted by atomic mass is 16.5. The van der Waals surface area contributed by atoms with Crippen molar-refractivity contribution in [3.8, 4) is 11.3 Å². The van der Waals surface area contributed by atoms with Crippen LogP contribution in [-0.4, -0.2) is 22.1 Å². The second-order valence-electron chi connectivity index (χ2n) is 5.25. The maximum atomic E-state index is 12.3. The summed E-state index contributed by atoms with van der Waals surface area (Å²) in [6, 6.07) is 5.58. The minimum atomic E-state index is 0.0315. The molecule has 2 aromatic heterocycles. The van der Waals surface area contributed by atoms with Crippen molar-refractivity contribution in [2.24, 2.45) is 0 Å². The molecule has 1 amide bonds. The molecule has 0 fully saturated rings. The van der Waals surface area contributed by atoms with E-state index in [1.807, 2.05) is 26.0 Å². The molecular formula is C16H21N3O2. The van der Waals surface area contributed by atoms with E-state index in [-0.39, 0.29) is 11.9 Å². The zero-order valence-electron chi connectivity index (χ0n) is 12.7. The molecule has 0 spiro atoms. The molecule has 0 bridgehead atoms. The Morgan fingerprint density at radius 1 is 1.43 bits per heavy atom. The van der Waals surface area contributed by atoms with E-state index in [0.717, 1.165) is 18.4 Å². The third kappa shape index (κ3) is 3.68. The predicted molar refractivity (Wildman–Crippen MR) is 81.9 cm³/mol. The molecule has 0 aliphatic heterocycles. The lowest BCUT2D eigenvalue weighted by molar-refractivity contribution is -0.119. The van der Waals surface area contributed by atoms with Crippen LogP contribution in [-0.2, 0) is 4.79 Å². The van der Waals surface area contributed by atoms with E-state index in [9.17, 15) is 4.79 Å². The quantitative estimate of drug-likeness (QED) is 0.813. The van der Waals surface area contributed by atoms with Crippen LogP contribution in [0.3, 0.4) is 0 Å². The molecular weight excluding hydrogens is 266 g/mol. The summed E-state index contributed by atoms with van der Waals surface area (Å²) in [5, 5.41) is 4.04. The molecule has 0 saturated heterocycles. The van der Waals surface area contributed by atoms with Crippen LogP contribution in [0.1, 0.15) is 40.0 Å². The molecule has 21 heavy (non-hydrogen) atoms. The van der Waals surface area contributed by atoms with Gasteiger partial charge in [0.2, 0.25) is 11.8 Å². The summed E-state index contributed by atoms with van der Waals surface area (Å²) in [6.45, 7) is 6.01. The molecule has 0 aliphatic rings. The highest BCUT2D eigenvalue weighted by molar-refractivity contribution is 5.92. The number of hydrogen-bond acceptors (Lipinski definition) is 4. The molecule has 0 aliphatic carbocycles. The van der Waals surface area contributed by atoms with Crippen molar-refractivity contribution >= 4 is 11.8 Å². The first-order valence-corrected chi connectivity index (χ1v) is 7.32. The number of carbonyl (C=O) groups is 1. The Kier molecular flexibility index (Phi) is 5.09. The number of carbonyl (C=O) groups excluding carboxylic acids is 1. The summed E-state index contributed by atoms with van der Waals surface area (Å²) in [6.07, 6.45) is 5.83. The Labute approximate surface area is 125 Å². The summed E-state index contributed by atoms with van der Waals surface area (Å²) >= 11 is 0. The van der Waals surface area contributed by atoms with Gasteiger partial charge in [-0.05, 0) is 32.4 Å². The van der Waals surface area contributed by atoms with Crippen LogP contribution in [0.15, 0.2) is 35.1 Å². The summed E-state index contributed by atoms with van der Waals surface area (Å²) in [5.74, 6) is 0.561. The third-order valence-corrected chi connectivity index (χ3v) is 3.22. The number of pyridine rings is 1. The van der Waals surface area contributed by atoms with Crippen molar-refractivity contribution in [1.29, 1.82) is 0 Å². The van der Waals surface area contributed by atoms with Crippen LogP contribution in [0.25, 0.3) is 11.3 Å². The maximum absolute atomic E-state index is 12.3. The fraction of sp³-hybridized carbons (Fsp3) is 0.438. The monoisotopic (exact) mass is 287 g/mol. The molecule has 0 N–H and O–H groups in total. The largest absolute Gasteiger partial charge is 0.338 e. The van der Waals surface area contributed by atoms with Crippen molar-refractivity contribution in [1.82, 2.24) is 10.1 Å². The zero-order chi connectivity index (χ0) is 15.2. The zero-order valence-corrected chi connectivity index (χ0v) is 12.7. The van der Waals surface area contributed by atoms with Crippen LogP contribution in [0.2, 0.25) is 0 Å². The van der Waals surface area contributed by atoms with Gasteiger partial charge < -0.3 is 4.52 Å². The normalized spacial score (nSPS) is 10.9. The molecule has 2 aromatic rings. The maximum Gasteiger partial charge on any atom is 0.234 e. The second kappa shape index (κ2) is 7.02. The first kappa shape index (κ1) is 15.2. The minimum absolute atomic E-state index is 0.0315. The number of hydrogen-bond donors (Lipinski definition) is 0. The van der Waals surface area contributed by atoms with Crippen LogP contribution in [0.5, 0.6) is 0 Å². The van der Waals surface area contributed by atoms with E-state index in [4.69, 9.17) is 4.52 Å². The molecule has 0 unspecified atom stereocenters.